The van der Waals surface area contributed by atoms with Gasteiger partial charge >= 0.3 is 0 Å². The molecule has 6 nitrogen and oxygen atoms in total. The summed E-state index contributed by atoms with van der Waals surface area (Å²) in [5.41, 5.74) is 6.59. The van der Waals surface area contributed by atoms with Crippen LogP contribution in [0.25, 0.3) is 0 Å². The Balaban J connectivity index is 1.51. The van der Waals surface area contributed by atoms with Crippen LogP contribution in [-0.4, -0.2) is 33.7 Å². The lowest BCUT2D eigenvalue weighted by molar-refractivity contribution is -0.123. The maximum atomic E-state index is 13.0. The van der Waals surface area contributed by atoms with Crippen LogP contribution in [0.1, 0.15) is 52.7 Å². The van der Waals surface area contributed by atoms with Gasteiger partial charge in [-0.2, -0.15) is 16.4 Å². The Hall–Kier alpha value is -2.64. The zero-order valence-electron chi connectivity index (χ0n) is 18.8. The molecule has 2 aromatic heterocycles. The summed E-state index contributed by atoms with van der Waals surface area (Å²) in [6.45, 7) is 9.80. The van der Waals surface area contributed by atoms with Gasteiger partial charge in [0.15, 0.2) is 0 Å². The number of carbonyl (C=O) groups excluding carboxylic acids is 1. The summed E-state index contributed by atoms with van der Waals surface area (Å²) in [5.74, 6) is 0.912. The quantitative estimate of drug-likeness (QED) is 0.648. The van der Waals surface area contributed by atoms with Crippen LogP contribution < -0.4 is 10.1 Å². The molecular weight excluding hydrogens is 408 g/mol. The Morgan fingerprint density at radius 3 is 2.81 bits per heavy atom. The number of nitrogens with zero attached hydrogens (tertiary/aromatic N) is 3. The lowest BCUT2D eigenvalue weighted by Gasteiger charge is -2.24. The van der Waals surface area contributed by atoms with Crippen molar-refractivity contribution in [3.05, 3.63) is 68.7 Å². The number of fused-ring (bicyclic) bond motifs is 1. The number of aromatic nitrogens is 2. The van der Waals surface area contributed by atoms with E-state index in [2.05, 4.69) is 51.2 Å². The van der Waals surface area contributed by atoms with E-state index in [4.69, 9.17) is 4.74 Å². The van der Waals surface area contributed by atoms with E-state index in [1.165, 1.54) is 5.56 Å². The van der Waals surface area contributed by atoms with E-state index in [9.17, 15) is 4.79 Å². The molecule has 1 aliphatic rings. The number of hydrogen-bond acceptors (Lipinski definition) is 5. The molecule has 3 aromatic rings. The maximum absolute atomic E-state index is 13.0. The number of ether oxygens (including phenoxy) is 1. The van der Waals surface area contributed by atoms with Gasteiger partial charge in [0, 0.05) is 42.5 Å². The summed E-state index contributed by atoms with van der Waals surface area (Å²) in [7, 11) is 1.93. The van der Waals surface area contributed by atoms with Crippen LogP contribution in [0.4, 0.5) is 0 Å². The van der Waals surface area contributed by atoms with Gasteiger partial charge in [0.25, 0.3) is 0 Å². The van der Waals surface area contributed by atoms with Crippen LogP contribution >= 0.6 is 11.3 Å². The van der Waals surface area contributed by atoms with E-state index in [0.717, 1.165) is 33.8 Å². The van der Waals surface area contributed by atoms with Crippen LogP contribution in [0.3, 0.4) is 0 Å². The molecule has 31 heavy (non-hydrogen) atoms. The number of rotatable bonds is 5. The van der Waals surface area contributed by atoms with E-state index >= 15 is 0 Å². The predicted molar refractivity (Wildman–Crippen MR) is 123 cm³/mol. The average Bonchev–Trinajstić information content (AvgIpc) is 3.27. The summed E-state index contributed by atoms with van der Waals surface area (Å²) in [6, 6.07) is 8.28. The van der Waals surface area contributed by atoms with Crippen molar-refractivity contribution in [3.63, 3.8) is 0 Å². The first-order chi connectivity index (χ1) is 14.8. The van der Waals surface area contributed by atoms with Crippen LogP contribution in [0.5, 0.6) is 5.75 Å². The smallest absolute Gasteiger partial charge is 0.234 e. The van der Waals surface area contributed by atoms with Gasteiger partial charge in [0.2, 0.25) is 5.91 Å². The standard InChI is InChI=1S/C24H30N4O2S/c1-15-6-7-21-20(10-15)11-28(12-22(30-21)19-8-9-31-14-19)13-23(29)25-16(2)24-17(3)26-27(5)18(24)4/h6-10,14,16,22H,11-13H2,1-5H3,(H,25,29). The minimum atomic E-state index is -0.0942. The minimum absolute atomic E-state index is 0.00956. The van der Waals surface area contributed by atoms with E-state index in [1.54, 1.807) is 11.3 Å². The molecule has 0 saturated heterocycles. The second-order valence-electron chi connectivity index (χ2n) is 8.44. The zero-order chi connectivity index (χ0) is 22.1. The van der Waals surface area contributed by atoms with Gasteiger partial charge < -0.3 is 10.1 Å². The second-order valence-corrected chi connectivity index (χ2v) is 9.22. The van der Waals surface area contributed by atoms with Crippen LogP contribution in [0.2, 0.25) is 0 Å². The molecule has 0 spiro atoms. The Labute approximate surface area is 187 Å². The Bertz CT molecular complexity index is 1070. The van der Waals surface area contributed by atoms with Crippen molar-refractivity contribution in [1.82, 2.24) is 20.0 Å². The van der Waals surface area contributed by atoms with Crippen LogP contribution in [0.15, 0.2) is 35.0 Å². The molecule has 1 N–H and O–H groups in total. The van der Waals surface area contributed by atoms with E-state index in [0.29, 0.717) is 19.6 Å². The van der Waals surface area contributed by atoms with Crippen molar-refractivity contribution in [3.8, 4) is 5.75 Å². The molecule has 1 aliphatic heterocycles. The molecule has 3 heterocycles. The third-order valence-electron chi connectivity index (χ3n) is 5.96. The first-order valence-electron chi connectivity index (χ1n) is 10.6. The Morgan fingerprint density at radius 2 is 2.13 bits per heavy atom. The topological polar surface area (TPSA) is 59.4 Å². The monoisotopic (exact) mass is 438 g/mol. The Morgan fingerprint density at radius 1 is 1.32 bits per heavy atom. The molecule has 4 rings (SSSR count). The van der Waals surface area contributed by atoms with Gasteiger partial charge in [-0.3, -0.25) is 14.4 Å². The number of benzene rings is 1. The lowest BCUT2D eigenvalue weighted by atomic mass is 10.1. The average molecular weight is 439 g/mol. The molecule has 2 atom stereocenters. The summed E-state index contributed by atoms with van der Waals surface area (Å²) in [5, 5.41) is 11.8. The number of thiophene rings is 1. The first-order valence-corrected chi connectivity index (χ1v) is 11.6. The van der Waals surface area contributed by atoms with Gasteiger partial charge in [-0.25, -0.2) is 0 Å². The third-order valence-corrected chi connectivity index (χ3v) is 6.66. The fourth-order valence-corrected chi connectivity index (χ4v) is 5.11. The highest BCUT2D eigenvalue weighted by molar-refractivity contribution is 7.07. The van der Waals surface area contributed by atoms with Crippen molar-refractivity contribution >= 4 is 17.2 Å². The van der Waals surface area contributed by atoms with Crippen molar-refractivity contribution < 1.29 is 9.53 Å². The van der Waals surface area contributed by atoms with Crippen molar-refractivity contribution in [2.45, 2.75) is 46.4 Å². The zero-order valence-corrected chi connectivity index (χ0v) is 19.6. The van der Waals surface area contributed by atoms with Gasteiger partial charge in [-0.15, -0.1) is 0 Å². The summed E-state index contributed by atoms with van der Waals surface area (Å²) >= 11 is 1.66. The predicted octanol–water partition coefficient (Wildman–Crippen LogP) is 4.22. The fraction of sp³-hybridized carbons (Fsp3) is 0.417. The normalized spacial score (nSPS) is 17.5. The van der Waals surface area contributed by atoms with E-state index in [-0.39, 0.29) is 18.1 Å². The largest absolute Gasteiger partial charge is 0.484 e. The maximum Gasteiger partial charge on any atom is 0.234 e. The van der Waals surface area contributed by atoms with Crippen molar-refractivity contribution in [2.24, 2.45) is 7.05 Å². The molecule has 2 unspecified atom stereocenters. The van der Waals surface area contributed by atoms with Crippen LogP contribution in [-0.2, 0) is 18.4 Å². The molecule has 164 valence electrons. The number of nitrogens with one attached hydrogen (secondary N) is 1. The molecule has 0 radical (unpaired) electrons. The lowest BCUT2D eigenvalue weighted by Crippen LogP contribution is -2.39. The second kappa shape index (κ2) is 8.85. The highest BCUT2D eigenvalue weighted by Gasteiger charge is 2.27. The molecule has 0 aliphatic carbocycles. The number of hydrogen-bond donors (Lipinski definition) is 1. The first kappa shape index (κ1) is 21.6. The fourth-order valence-electron chi connectivity index (χ4n) is 4.41. The molecule has 1 aromatic carbocycles. The molecule has 0 saturated carbocycles. The highest BCUT2D eigenvalue weighted by Crippen LogP contribution is 2.32. The molecule has 7 heteroatoms. The minimum Gasteiger partial charge on any atom is -0.484 e. The molecule has 0 fully saturated rings. The van der Waals surface area contributed by atoms with Gasteiger partial charge in [0.1, 0.15) is 11.9 Å². The van der Waals surface area contributed by atoms with Gasteiger partial charge in [-0.05, 0) is 50.6 Å². The van der Waals surface area contributed by atoms with Gasteiger partial charge in [-0.1, -0.05) is 17.7 Å². The number of amides is 1. The van der Waals surface area contributed by atoms with Crippen molar-refractivity contribution in [2.75, 3.05) is 13.1 Å². The number of carbonyl (C=O) groups is 1. The van der Waals surface area contributed by atoms with Gasteiger partial charge in [0.05, 0.1) is 18.3 Å². The van der Waals surface area contributed by atoms with E-state index < -0.39 is 0 Å². The van der Waals surface area contributed by atoms with E-state index in [1.807, 2.05) is 38.6 Å². The SMILES string of the molecule is Cc1ccc2c(c1)CN(CC(=O)NC(C)c1c(C)nn(C)c1C)CC(c1ccsc1)O2. The highest BCUT2D eigenvalue weighted by atomic mass is 32.1. The molecule has 1 amide bonds. The Kier molecular flexibility index (Phi) is 6.16. The summed E-state index contributed by atoms with van der Waals surface area (Å²) in [4.78, 5) is 15.2. The third kappa shape index (κ3) is 4.67. The molecule has 0 bridgehead atoms. The van der Waals surface area contributed by atoms with Crippen molar-refractivity contribution in [1.29, 1.82) is 0 Å². The summed E-state index contributed by atoms with van der Waals surface area (Å²) < 4.78 is 8.24. The van der Waals surface area contributed by atoms with Crippen LogP contribution in [0, 0.1) is 20.8 Å². The number of aryl methyl sites for hydroxylation is 3. The molecular formula is C24H30N4O2S. The summed E-state index contributed by atoms with van der Waals surface area (Å²) in [6.07, 6.45) is -0.0942.